The lowest BCUT2D eigenvalue weighted by molar-refractivity contribution is -0.111. The molecule has 0 fully saturated rings. The number of hydrogen-bond acceptors (Lipinski definition) is 2. The Balaban J connectivity index is 3.21. The van der Waals surface area contributed by atoms with Gasteiger partial charge in [0, 0.05) is 3.57 Å². The second-order valence-corrected chi connectivity index (χ2v) is 4.27. The van der Waals surface area contributed by atoms with Crippen LogP contribution in [0.4, 0.5) is 0 Å². The largest absolute Gasteiger partial charge is 0.512 e. The van der Waals surface area contributed by atoms with Gasteiger partial charge in [-0.2, -0.15) is 0 Å². The minimum Gasteiger partial charge on any atom is -0.512 e. The first-order valence-corrected chi connectivity index (χ1v) is 5.27. The van der Waals surface area contributed by atoms with Gasteiger partial charge in [0.2, 0.25) is 0 Å². The molecule has 1 N–H and O–H groups in total. The fourth-order valence-electron chi connectivity index (χ4n) is 1.28. The van der Waals surface area contributed by atoms with Crippen molar-refractivity contribution in [3.63, 3.8) is 0 Å². The first kappa shape index (κ1) is 11.2. The van der Waals surface area contributed by atoms with E-state index >= 15 is 0 Å². The number of allylic oxidation sites excluding steroid dienone is 2. The summed E-state index contributed by atoms with van der Waals surface area (Å²) in [4.78, 5) is 11.3. The molecule has 3 heteroatoms. The normalized spacial score (nSPS) is 12.2. The molecule has 1 aromatic carbocycles. The molecule has 0 spiro atoms. The summed E-state index contributed by atoms with van der Waals surface area (Å²) >= 11 is 2.19. The molecule has 0 saturated carbocycles. The number of rotatable bonds is 2. The molecule has 14 heavy (non-hydrogen) atoms. The van der Waals surface area contributed by atoms with Crippen LogP contribution in [0.15, 0.2) is 30.0 Å². The average Bonchev–Trinajstić information content (AvgIpc) is 2.07. The Morgan fingerprint density at radius 1 is 1.21 bits per heavy atom. The topological polar surface area (TPSA) is 37.3 Å². The van der Waals surface area contributed by atoms with Gasteiger partial charge in [0.15, 0.2) is 5.78 Å². The lowest BCUT2D eigenvalue weighted by Crippen LogP contribution is -1.99. The monoisotopic (exact) mass is 302 g/mol. The standard InChI is InChI=1S/C11H11IO2/c1-7(13)11(8(2)14)9-3-5-10(12)6-4-9/h3-6,13H,1-2H3/b11-7+. The van der Waals surface area contributed by atoms with Crippen molar-refractivity contribution < 1.29 is 9.90 Å². The van der Waals surface area contributed by atoms with Gasteiger partial charge in [-0.25, -0.2) is 0 Å². The van der Waals surface area contributed by atoms with Crippen molar-refractivity contribution in [1.29, 1.82) is 0 Å². The Morgan fingerprint density at radius 2 is 1.71 bits per heavy atom. The van der Waals surface area contributed by atoms with Crippen LogP contribution >= 0.6 is 22.6 Å². The summed E-state index contributed by atoms with van der Waals surface area (Å²) in [6, 6.07) is 7.47. The fourth-order valence-corrected chi connectivity index (χ4v) is 1.64. The molecule has 0 aromatic heterocycles. The van der Waals surface area contributed by atoms with Crippen LogP contribution in [0.5, 0.6) is 0 Å². The third-order valence-electron chi connectivity index (χ3n) is 1.85. The molecule has 74 valence electrons. The van der Waals surface area contributed by atoms with E-state index in [1.54, 1.807) is 0 Å². The summed E-state index contributed by atoms with van der Waals surface area (Å²) in [5.41, 5.74) is 1.15. The maximum absolute atomic E-state index is 11.3. The van der Waals surface area contributed by atoms with Crippen molar-refractivity contribution in [3.05, 3.63) is 39.2 Å². The van der Waals surface area contributed by atoms with E-state index in [9.17, 15) is 9.90 Å². The van der Waals surface area contributed by atoms with Gasteiger partial charge in [-0.1, -0.05) is 12.1 Å². The summed E-state index contributed by atoms with van der Waals surface area (Å²) < 4.78 is 1.10. The van der Waals surface area contributed by atoms with E-state index in [1.807, 2.05) is 24.3 Å². The van der Waals surface area contributed by atoms with Crippen molar-refractivity contribution in [1.82, 2.24) is 0 Å². The highest BCUT2D eigenvalue weighted by molar-refractivity contribution is 14.1. The lowest BCUT2D eigenvalue weighted by Gasteiger charge is -2.05. The molecular formula is C11H11IO2. The zero-order valence-corrected chi connectivity index (χ0v) is 10.2. The highest BCUT2D eigenvalue weighted by Crippen LogP contribution is 2.19. The number of carbonyl (C=O) groups is 1. The minimum atomic E-state index is -0.119. The molecule has 1 rings (SSSR count). The van der Waals surface area contributed by atoms with Crippen LogP contribution in [0.25, 0.3) is 5.57 Å². The molecule has 0 unspecified atom stereocenters. The Hall–Kier alpha value is -0.840. The predicted molar refractivity (Wildman–Crippen MR) is 65.1 cm³/mol. The smallest absolute Gasteiger partial charge is 0.163 e. The van der Waals surface area contributed by atoms with E-state index in [0.29, 0.717) is 5.57 Å². The van der Waals surface area contributed by atoms with E-state index in [0.717, 1.165) is 9.13 Å². The van der Waals surface area contributed by atoms with Crippen LogP contribution in [0.2, 0.25) is 0 Å². The first-order valence-electron chi connectivity index (χ1n) is 4.19. The van der Waals surface area contributed by atoms with Gasteiger partial charge in [0.05, 0.1) is 5.57 Å². The van der Waals surface area contributed by atoms with Gasteiger partial charge in [-0.15, -0.1) is 0 Å². The predicted octanol–water partition coefficient (Wildman–Crippen LogP) is 3.17. The first-order chi connectivity index (χ1) is 6.52. The second-order valence-electron chi connectivity index (χ2n) is 3.02. The summed E-state index contributed by atoms with van der Waals surface area (Å²) in [6.45, 7) is 2.97. The molecule has 0 saturated heterocycles. The molecule has 0 bridgehead atoms. The molecule has 0 heterocycles. The van der Waals surface area contributed by atoms with Gasteiger partial charge in [-0.05, 0) is 54.1 Å². The van der Waals surface area contributed by atoms with Gasteiger partial charge >= 0.3 is 0 Å². The number of ketones is 1. The molecule has 0 aliphatic rings. The number of halogens is 1. The number of carbonyl (C=O) groups excluding carboxylic acids is 1. The Labute approximate surface area is 96.8 Å². The van der Waals surface area contributed by atoms with Crippen LogP contribution < -0.4 is 0 Å². The van der Waals surface area contributed by atoms with Gasteiger partial charge < -0.3 is 5.11 Å². The third kappa shape index (κ3) is 2.57. The number of aliphatic hydroxyl groups is 1. The molecule has 0 amide bonds. The summed E-state index contributed by atoms with van der Waals surface area (Å²) in [6.07, 6.45) is 0. The van der Waals surface area contributed by atoms with Crippen molar-refractivity contribution >= 4 is 33.9 Å². The Morgan fingerprint density at radius 3 is 2.07 bits per heavy atom. The third-order valence-corrected chi connectivity index (χ3v) is 2.57. The average molecular weight is 302 g/mol. The van der Waals surface area contributed by atoms with Crippen molar-refractivity contribution in [2.45, 2.75) is 13.8 Å². The highest BCUT2D eigenvalue weighted by Gasteiger charge is 2.10. The quantitative estimate of drug-likeness (QED) is 0.517. The summed E-state index contributed by atoms with van der Waals surface area (Å²) in [5.74, 6) is -0.0510. The van der Waals surface area contributed by atoms with E-state index in [2.05, 4.69) is 22.6 Å². The zero-order valence-electron chi connectivity index (χ0n) is 8.04. The number of aliphatic hydroxyl groups excluding tert-OH is 1. The van der Waals surface area contributed by atoms with Crippen LogP contribution in [0, 0.1) is 3.57 Å². The Kier molecular flexibility index (Phi) is 3.69. The van der Waals surface area contributed by atoms with E-state index in [-0.39, 0.29) is 11.5 Å². The number of Topliss-reactive ketones (excluding diaryl/α,β-unsaturated/α-hetero) is 1. The minimum absolute atomic E-state index is 0.0682. The molecule has 1 aromatic rings. The van der Waals surface area contributed by atoms with Gasteiger partial charge in [-0.3, -0.25) is 4.79 Å². The van der Waals surface area contributed by atoms with Crippen molar-refractivity contribution in [2.24, 2.45) is 0 Å². The maximum atomic E-state index is 11.3. The van der Waals surface area contributed by atoms with Crippen molar-refractivity contribution in [3.8, 4) is 0 Å². The molecule has 0 aliphatic heterocycles. The molecule has 2 nitrogen and oxygen atoms in total. The summed E-state index contributed by atoms with van der Waals surface area (Å²) in [5, 5.41) is 9.36. The molecule has 0 radical (unpaired) electrons. The van der Waals surface area contributed by atoms with Crippen LogP contribution in [-0.4, -0.2) is 10.9 Å². The van der Waals surface area contributed by atoms with Crippen molar-refractivity contribution in [2.75, 3.05) is 0 Å². The molecule has 0 aliphatic carbocycles. The van der Waals surface area contributed by atoms with Gasteiger partial charge in [0.1, 0.15) is 5.76 Å². The van der Waals surface area contributed by atoms with Gasteiger partial charge in [0.25, 0.3) is 0 Å². The van der Waals surface area contributed by atoms with Crippen LogP contribution in [0.3, 0.4) is 0 Å². The SMILES string of the molecule is CC(=O)/C(=C(/C)O)c1ccc(I)cc1. The van der Waals surface area contributed by atoms with E-state index in [4.69, 9.17) is 0 Å². The highest BCUT2D eigenvalue weighted by atomic mass is 127. The number of hydrogen-bond donors (Lipinski definition) is 1. The molecule has 0 atom stereocenters. The van der Waals surface area contributed by atoms with Crippen LogP contribution in [0.1, 0.15) is 19.4 Å². The Bertz CT molecular complexity index is 373. The number of benzene rings is 1. The lowest BCUT2D eigenvalue weighted by atomic mass is 10.0. The van der Waals surface area contributed by atoms with Crippen LogP contribution in [-0.2, 0) is 4.79 Å². The maximum Gasteiger partial charge on any atom is 0.163 e. The molecular weight excluding hydrogens is 291 g/mol. The van der Waals surface area contributed by atoms with E-state index < -0.39 is 0 Å². The van der Waals surface area contributed by atoms with E-state index in [1.165, 1.54) is 13.8 Å². The second kappa shape index (κ2) is 4.59. The fraction of sp³-hybridized carbons (Fsp3) is 0.182. The zero-order chi connectivity index (χ0) is 10.7. The summed E-state index contributed by atoms with van der Waals surface area (Å²) in [7, 11) is 0.